The Morgan fingerprint density at radius 2 is 1.94 bits per heavy atom. The molecule has 1 aliphatic carbocycles. The number of hydrogen-bond acceptors (Lipinski definition) is 2. The molecule has 2 heteroatoms. The van der Waals surface area contributed by atoms with Crippen LogP contribution in [0.5, 0.6) is 0 Å². The van der Waals surface area contributed by atoms with Crippen LogP contribution < -0.4 is 11.1 Å². The SMILES string of the molecule is Cc1ccc(NC2CCC(C)C(C)C2)c(N)c1. The van der Waals surface area contributed by atoms with Crippen molar-refractivity contribution >= 4 is 11.4 Å². The Labute approximate surface area is 105 Å². The van der Waals surface area contributed by atoms with Crippen molar-refractivity contribution in [3.05, 3.63) is 23.8 Å². The first-order valence-corrected chi connectivity index (χ1v) is 6.69. The summed E-state index contributed by atoms with van der Waals surface area (Å²) >= 11 is 0. The second-order valence-corrected chi connectivity index (χ2v) is 5.70. The number of nitrogen functional groups attached to an aromatic ring is 1. The topological polar surface area (TPSA) is 38.0 Å². The van der Waals surface area contributed by atoms with E-state index in [9.17, 15) is 0 Å². The molecule has 0 spiro atoms. The number of hydrogen-bond donors (Lipinski definition) is 2. The molecule has 0 aliphatic heterocycles. The van der Waals surface area contributed by atoms with Gasteiger partial charge in [-0.05, 0) is 55.7 Å². The molecule has 94 valence electrons. The van der Waals surface area contributed by atoms with E-state index in [4.69, 9.17) is 5.73 Å². The van der Waals surface area contributed by atoms with Crippen LogP contribution in [0.2, 0.25) is 0 Å². The smallest absolute Gasteiger partial charge is 0.0576 e. The fourth-order valence-corrected chi connectivity index (χ4v) is 2.71. The van der Waals surface area contributed by atoms with Gasteiger partial charge >= 0.3 is 0 Å². The van der Waals surface area contributed by atoms with Crippen LogP contribution in [-0.4, -0.2) is 6.04 Å². The van der Waals surface area contributed by atoms with Crippen molar-refractivity contribution in [2.75, 3.05) is 11.1 Å². The third-order valence-electron chi connectivity index (χ3n) is 4.16. The maximum absolute atomic E-state index is 6.04. The van der Waals surface area contributed by atoms with Crippen LogP contribution in [0.3, 0.4) is 0 Å². The van der Waals surface area contributed by atoms with E-state index in [1.54, 1.807) is 0 Å². The molecule has 1 saturated carbocycles. The fraction of sp³-hybridized carbons (Fsp3) is 0.600. The molecule has 0 aromatic heterocycles. The molecular weight excluding hydrogens is 208 g/mol. The number of nitrogens with one attached hydrogen (secondary N) is 1. The second-order valence-electron chi connectivity index (χ2n) is 5.70. The third kappa shape index (κ3) is 2.93. The highest BCUT2D eigenvalue weighted by atomic mass is 14.9. The van der Waals surface area contributed by atoms with Gasteiger partial charge in [-0.3, -0.25) is 0 Å². The molecule has 1 aromatic rings. The lowest BCUT2D eigenvalue weighted by Gasteiger charge is -2.33. The van der Waals surface area contributed by atoms with Crippen molar-refractivity contribution in [3.63, 3.8) is 0 Å². The van der Waals surface area contributed by atoms with Gasteiger partial charge < -0.3 is 11.1 Å². The molecule has 0 radical (unpaired) electrons. The standard InChI is InChI=1S/C15H24N2/c1-10-4-7-15(14(16)8-10)17-13-6-5-11(2)12(3)9-13/h4,7-8,11-13,17H,5-6,9,16H2,1-3H3. The molecule has 0 amide bonds. The first kappa shape index (κ1) is 12.3. The number of anilines is 2. The molecule has 1 fully saturated rings. The fourth-order valence-electron chi connectivity index (χ4n) is 2.71. The van der Waals surface area contributed by atoms with Gasteiger partial charge in [-0.2, -0.15) is 0 Å². The van der Waals surface area contributed by atoms with E-state index in [0.29, 0.717) is 6.04 Å². The van der Waals surface area contributed by atoms with Gasteiger partial charge in [0.2, 0.25) is 0 Å². The summed E-state index contributed by atoms with van der Waals surface area (Å²) in [4.78, 5) is 0. The van der Waals surface area contributed by atoms with E-state index in [-0.39, 0.29) is 0 Å². The summed E-state index contributed by atoms with van der Waals surface area (Å²) < 4.78 is 0. The minimum Gasteiger partial charge on any atom is -0.397 e. The van der Waals surface area contributed by atoms with Gasteiger partial charge in [0.25, 0.3) is 0 Å². The van der Waals surface area contributed by atoms with E-state index in [1.807, 2.05) is 6.07 Å². The summed E-state index contributed by atoms with van der Waals surface area (Å²) in [5.41, 5.74) is 9.23. The van der Waals surface area contributed by atoms with Gasteiger partial charge in [0.15, 0.2) is 0 Å². The number of rotatable bonds is 2. The largest absolute Gasteiger partial charge is 0.397 e. The molecule has 3 N–H and O–H groups in total. The highest BCUT2D eigenvalue weighted by molar-refractivity contribution is 5.67. The average Bonchev–Trinajstić information content (AvgIpc) is 2.27. The zero-order valence-corrected chi connectivity index (χ0v) is 11.2. The monoisotopic (exact) mass is 232 g/mol. The van der Waals surface area contributed by atoms with Crippen molar-refractivity contribution in [3.8, 4) is 0 Å². The Kier molecular flexibility index (Phi) is 3.60. The predicted octanol–water partition coefficient (Wildman–Crippen LogP) is 3.81. The Bertz CT molecular complexity index is 387. The molecule has 2 nitrogen and oxygen atoms in total. The van der Waals surface area contributed by atoms with Crippen molar-refractivity contribution in [2.24, 2.45) is 11.8 Å². The third-order valence-corrected chi connectivity index (χ3v) is 4.16. The molecule has 3 unspecified atom stereocenters. The van der Waals surface area contributed by atoms with Gasteiger partial charge in [-0.1, -0.05) is 19.9 Å². The van der Waals surface area contributed by atoms with E-state index in [2.05, 4.69) is 38.2 Å². The number of nitrogens with two attached hydrogens (primary N) is 1. The Morgan fingerprint density at radius 3 is 2.59 bits per heavy atom. The van der Waals surface area contributed by atoms with Crippen LogP contribution in [-0.2, 0) is 0 Å². The number of aryl methyl sites for hydroxylation is 1. The molecular formula is C15H24N2. The average molecular weight is 232 g/mol. The Balaban J connectivity index is 2.01. The van der Waals surface area contributed by atoms with Gasteiger partial charge in [0, 0.05) is 6.04 Å². The number of benzene rings is 1. The van der Waals surface area contributed by atoms with Crippen molar-refractivity contribution < 1.29 is 0 Å². The summed E-state index contributed by atoms with van der Waals surface area (Å²) in [7, 11) is 0. The van der Waals surface area contributed by atoms with Gasteiger partial charge in [0.1, 0.15) is 0 Å². The lowest BCUT2D eigenvalue weighted by Crippen LogP contribution is -2.30. The lowest BCUT2D eigenvalue weighted by molar-refractivity contribution is 0.261. The van der Waals surface area contributed by atoms with Crippen LogP contribution in [0.25, 0.3) is 0 Å². The summed E-state index contributed by atoms with van der Waals surface area (Å²) in [6.07, 6.45) is 3.85. The summed E-state index contributed by atoms with van der Waals surface area (Å²) in [5, 5.41) is 3.60. The normalized spacial score (nSPS) is 29.0. The molecule has 17 heavy (non-hydrogen) atoms. The van der Waals surface area contributed by atoms with Crippen LogP contribution in [0, 0.1) is 18.8 Å². The Hall–Kier alpha value is -1.18. The highest BCUT2D eigenvalue weighted by Crippen LogP contribution is 2.32. The van der Waals surface area contributed by atoms with Crippen LogP contribution in [0.15, 0.2) is 18.2 Å². The zero-order chi connectivity index (χ0) is 12.4. The van der Waals surface area contributed by atoms with Crippen LogP contribution >= 0.6 is 0 Å². The maximum atomic E-state index is 6.04. The predicted molar refractivity (Wildman–Crippen MR) is 75.2 cm³/mol. The minimum atomic E-state index is 0.589. The second kappa shape index (κ2) is 4.99. The molecule has 1 aliphatic rings. The van der Waals surface area contributed by atoms with Crippen LogP contribution in [0.4, 0.5) is 11.4 Å². The van der Waals surface area contributed by atoms with E-state index >= 15 is 0 Å². The molecule has 0 heterocycles. The van der Waals surface area contributed by atoms with Gasteiger partial charge in [-0.25, -0.2) is 0 Å². The van der Waals surface area contributed by atoms with E-state index in [1.165, 1.54) is 24.8 Å². The van der Waals surface area contributed by atoms with Gasteiger partial charge in [-0.15, -0.1) is 0 Å². The van der Waals surface area contributed by atoms with Crippen LogP contribution in [0.1, 0.15) is 38.7 Å². The molecule has 1 aromatic carbocycles. The lowest BCUT2D eigenvalue weighted by atomic mass is 9.79. The first-order valence-electron chi connectivity index (χ1n) is 6.69. The highest BCUT2D eigenvalue weighted by Gasteiger charge is 2.24. The molecule has 0 bridgehead atoms. The molecule has 0 saturated heterocycles. The first-order chi connectivity index (χ1) is 8.06. The minimum absolute atomic E-state index is 0.589. The maximum Gasteiger partial charge on any atom is 0.0576 e. The van der Waals surface area contributed by atoms with E-state index < -0.39 is 0 Å². The summed E-state index contributed by atoms with van der Waals surface area (Å²) in [5.74, 6) is 1.68. The van der Waals surface area contributed by atoms with Gasteiger partial charge in [0.05, 0.1) is 11.4 Å². The van der Waals surface area contributed by atoms with Crippen molar-refractivity contribution in [2.45, 2.75) is 46.1 Å². The molecule has 2 rings (SSSR count). The quantitative estimate of drug-likeness (QED) is 0.761. The summed E-state index contributed by atoms with van der Waals surface area (Å²) in [6, 6.07) is 6.85. The summed E-state index contributed by atoms with van der Waals surface area (Å²) in [6.45, 7) is 6.79. The van der Waals surface area contributed by atoms with E-state index in [0.717, 1.165) is 23.2 Å². The molecule has 3 atom stereocenters. The zero-order valence-electron chi connectivity index (χ0n) is 11.2. The van der Waals surface area contributed by atoms with Crippen molar-refractivity contribution in [1.82, 2.24) is 0 Å². The van der Waals surface area contributed by atoms with Crippen molar-refractivity contribution in [1.29, 1.82) is 0 Å². The Morgan fingerprint density at radius 1 is 1.18 bits per heavy atom.